The van der Waals surface area contributed by atoms with Gasteiger partial charge in [0.25, 0.3) is 0 Å². The van der Waals surface area contributed by atoms with Gasteiger partial charge < -0.3 is 0 Å². The summed E-state index contributed by atoms with van der Waals surface area (Å²) in [5.41, 5.74) is 2.39. The summed E-state index contributed by atoms with van der Waals surface area (Å²) in [7, 11) is 1.97. The van der Waals surface area contributed by atoms with Gasteiger partial charge in [-0.3, -0.25) is 4.68 Å². The molecule has 0 bridgehead atoms. The Morgan fingerprint density at radius 1 is 1.36 bits per heavy atom. The largest absolute Gasteiger partial charge is 0.251 e. The van der Waals surface area contributed by atoms with Crippen molar-refractivity contribution in [1.82, 2.24) is 15.0 Å². The van der Waals surface area contributed by atoms with Crippen LogP contribution in [0, 0.1) is 0 Å². The first-order valence-electron chi connectivity index (χ1n) is 4.63. The lowest BCUT2D eigenvalue weighted by atomic mass is 10.4. The third kappa shape index (κ3) is 3.20. The summed E-state index contributed by atoms with van der Waals surface area (Å²) in [6.07, 6.45) is 2.09. The molecule has 0 aliphatic rings. The van der Waals surface area contributed by atoms with Crippen LogP contribution in [0.3, 0.4) is 0 Å². The minimum Gasteiger partial charge on any atom is -0.251 e. The number of thioether (sulfide) groups is 2. The van der Waals surface area contributed by atoms with Crippen LogP contribution in [0.15, 0.2) is 0 Å². The fraction of sp³-hybridized carbons (Fsp3) is 0.778. The van der Waals surface area contributed by atoms with E-state index in [9.17, 15) is 0 Å². The van der Waals surface area contributed by atoms with E-state index in [4.69, 9.17) is 0 Å². The molecule has 0 fully saturated rings. The molecule has 1 heterocycles. The molecule has 80 valence electrons. The second-order valence-electron chi connectivity index (χ2n) is 3.40. The van der Waals surface area contributed by atoms with Crippen LogP contribution < -0.4 is 0 Å². The highest BCUT2D eigenvalue weighted by Gasteiger charge is 2.10. The molecule has 0 aliphatic heterocycles. The molecular formula is C9H17N3S2. The van der Waals surface area contributed by atoms with Crippen molar-refractivity contribution in [2.24, 2.45) is 7.05 Å². The Labute approximate surface area is 94.0 Å². The quantitative estimate of drug-likeness (QED) is 0.778. The van der Waals surface area contributed by atoms with E-state index in [0.717, 1.165) is 17.2 Å². The minimum atomic E-state index is 0.659. The molecular weight excluding hydrogens is 214 g/mol. The van der Waals surface area contributed by atoms with Crippen molar-refractivity contribution >= 4 is 23.5 Å². The van der Waals surface area contributed by atoms with Gasteiger partial charge in [-0.05, 0) is 11.5 Å². The first kappa shape index (κ1) is 11.9. The molecule has 0 spiro atoms. The lowest BCUT2D eigenvalue weighted by molar-refractivity contribution is 0.693. The van der Waals surface area contributed by atoms with Crippen molar-refractivity contribution in [1.29, 1.82) is 0 Å². The zero-order valence-corrected chi connectivity index (χ0v) is 10.8. The molecule has 0 aromatic carbocycles. The van der Waals surface area contributed by atoms with Crippen molar-refractivity contribution in [3.63, 3.8) is 0 Å². The lowest BCUT2D eigenvalue weighted by Crippen LogP contribution is -2.00. The van der Waals surface area contributed by atoms with Crippen molar-refractivity contribution in [2.45, 2.75) is 30.6 Å². The second kappa shape index (κ2) is 5.66. The van der Waals surface area contributed by atoms with Crippen molar-refractivity contribution in [3.8, 4) is 0 Å². The van der Waals surface area contributed by atoms with E-state index in [-0.39, 0.29) is 0 Å². The SMILES string of the molecule is CSCc1nnn(C)c1CSC(C)C. The summed E-state index contributed by atoms with van der Waals surface area (Å²) in [5, 5.41) is 8.87. The standard InChI is InChI=1S/C9H17N3S2/c1-7(2)14-6-9-8(5-13-4)10-11-12(9)3/h7H,5-6H2,1-4H3. The molecule has 1 rings (SSSR count). The molecule has 1 aromatic heterocycles. The molecule has 0 saturated heterocycles. The monoisotopic (exact) mass is 231 g/mol. The van der Waals surface area contributed by atoms with Gasteiger partial charge in [-0.1, -0.05) is 19.1 Å². The third-order valence-electron chi connectivity index (χ3n) is 1.86. The van der Waals surface area contributed by atoms with Gasteiger partial charge in [-0.25, -0.2) is 0 Å². The summed E-state index contributed by atoms with van der Waals surface area (Å²) in [6, 6.07) is 0. The first-order valence-corrected chi connectivity index (χ1v) is 7.07. The average molecular weight is 231 g/mol. The Bertz CT molecular complexity index is 284. The van der Waals surface area contributed by atoms with Crippen LogP contribution in [0.5, 0.6) is 0 Å². The van der Waals surface area contributed by atoms with E-state index >= 15 is 0 Å². The van der Waals surface area contributed by atoms with E-state index in [0.29, 0.717) is 5.25 Å². The Hall–Kier alpha value is -0.160. The smallest absolute Gasteiger partial charge is 0.0966 e. The van der Waals surface area contributed by atoms with Crippen LogP contribution in [0.4, 0.5) is 0 Å². The molecule has 0 amide bonds. The highest BCUT2D eigenvalue weighted by atomic mass is 32.2. The summed E-state index contributed by atoms with van der Waals surface area (Å²) in [4.78, 5) is 0. The Morgan fingerprint density at radius 2 is 2.07 bits per heavy atom. The summed E-state index contributed by atoms with van der Waals surface area (Å²) < 4.78 is 1.89. The maximum atomic E-state index is 4.16. The van der Waals surface area contributed by atoms with Gasteiger partial charge in [-0.15, -0.1) is 5.10 Å². The molecule has 0 unspecified atom stereocenters. The summed E-state index contributed by atoms with van der Waals surface area (Å²) in [6.45, 7) is 4.42. The average Bonchev–Trinajstić information content (AvgIpc) is 2.45. The molecule has 5 heteroatoms. The van der Waals surface area contributed by atoms with Crippen molar-refractivity contribution in [3.05, 3.63) is 11.4 Å². The van der Waals surface area contributed by atoms with Crippen LogP contribution in [0.25, 0.3) is 0 Å². The third-order valence-corrected chi connectivity index (χ3v) is 3.53. The Kier molecular flexibility index (Phi) is 4.81. The van der Waals surface area contributed by atoms with E-state index < -0.39 is 0 Å². The van der Waals surface area contributed by atoms with E-state index in [1.54, 1.807) is 11.8 Å². The van der Waals surface area contributed by atoms with Gasteiger partial charge in [0.1, 0.15) is 0 Å². The molecule has 0 aliphatic carbocycles. The highest BCUT2D eigenvalue weighted by Crippen LogP contribution is 2.20. The van der Waals surface area contributed by atoms with Gasteiger partial charge in [0.15, 0.2) is 0 Å². The minimum absolute atomic E-state index is 0.659. The zero-order chi connectivity index (χ0) is 10.6. The van der Waals surface area contributed by atoms with E-state index in [1.807, 2.05) is 23.5 Å². The zero-order valence-electron chi connectivity index (χ0n) is 9.15. The van der Waals surface area contributed by atoms with Gasteiger partial charge in [0, 0.05) is 18.6 Å². The summed E-state index contributed by atoms with van der Waals surface area (Å²) in [5.74, 6) is 1.97. The van der Waals surface area contributed by atoms with E-state index in [1.165, 1.54) is 5.69 Å². The number of aromatic nitrogens is 3. The molecule has 3 nitrogen and oxygen atoms in total. The number of nitrogens with zero attached hydrogens (tertiary/aromatic N) is 3. The topological polar surface area (TPSA) is 30.7 Å². The Morgan fingerprint density at radius 3 is 2.64 bits per heavy atom. The number of hydrogen-bond donors (Lipinski definition) is 0. The number of hydrogen-bond acceptors (Lipinski definition) is 4. The second-order valence-corrected chi connectivity index (χ2v) is 5.83. The van der Waals surface area contributed by atoms with E-state index in [2.05, 4.69) is 30.4 Å². The fourth-order valence-electron chi connectivity index (χ4n) is 1.09. The van der Waals surface area contributed by atoms with Gasteiger partial charge >= 0.3 is 0 Å². The van der Waals surface area contributed by atoms with Gasteiger partial charge in [0.05, 0.1) is 11.4 Å². The highest BCUT2D eigenvalue weighted by molar-refractivity contribution is 7.99. The predicted octanol–water partition coefficient (Wildman–Crippen LogP) is 2.32. The molecule has 14 heavy (non-hydrogen) atoms. The normalized spacial score (nSPS) is 11.2. The van der Waals surface area contributed by atoms with Crippen LogP contribution in [0.2, 0.25) is 0 Å². The predicted molar refractivity (Wildman–Crippen MR) is 64.7 cm³/mol. The number of rotatable bonds is 5. The molecule has 0 atom stereocenters. The lowest BCUT2D eigenvalue weighted by Gasteiger charge is -2.05. The summed E-state index contributed by atoms with van der Waals surface area (Å²) >= 11 is 3.72. The van der Waals surface area contributed by atoms with Crippen LogP contribution in [0.1, 0.15) is 25.2 Å². The first-order chi connectivity index (χ1) is 6.65. The molecule has 0 N–H and O–H groups in total. The molecule has 0 radical (unpaired) electrons. The van der Waals surface area contributed by atoms with Gasteiger partial charge in [-0.2, -0.15) is 23.5 Å². The van der Waals surface area contributed by atoms with Crippen molar-refractivity contribution in [2.75, 3.05) is 6.26 Å². The van der Waals surface area contributed by atoms with Crippen LogP contribution in [-0.4, -0.2) is 26.5 Å². The fourth-order valence-corrected chi connectivity index (χ4v) is 2.43. The van der Waals surface area contributed by atoms with Gasteiger partial charge in [0.2, 0.25) is 0 Å². The molecule has 0 saturated carbocycles. The maximum absolute atomic E-state index is 4.16. The van der Waals surface area contributed by atoms with Crippen LogP contribution >= 0.6 is 23.5 Å². The molecule has 1 aromatic rings. The van der Waals surface area contributed by atoms with Crippen LogP contribution in [-0.2, 0) is 18.6 Å². The van der Waals surface area contributed by atoms with Crippen molar-refractivity contribution < 1.29 is 0 Å². The maximum Gasteiger partial charge on any atom is 0.0966 e. The number of aryl methyl sites for hydroxylation is 1. The Balaban J connectivity index is 2.67.